The van der Waals surface area contributed by atoms with Crippen LogP contribution in [0.3, 0.4) is 0 Å². The summed E-state index contributed by atoms with van der Waals surface area (Å²) in [6, 6.07) is 0.0423. The van der Waals surface area contributed by atoms with Gasteiger partial charge in [-0.3, -0.25) is 0 Å². The SMILES string of the molecule is COCCN(C(C)C1CC1)S(=O)(=O)N1CCC(CO)CC1. The summed E-state index contributed by atoms with van der Waals surface area (Å²) in [6.45, 7) is 4.01. The van der Waals surface area contributed by atoms with E-state index in [4.69, 9.17) is 4.74 Å². The summed E-state index contributed by atoms with van der Waals surface area (Å²) in [5.41, 5.74) is 0. The van der Waals surface area contributed by atoms with Crippen molar-refractivity contribution in [2.24, 2.45) is 11.8 Å². The molecule has 2 aliphatic rings. The molecule has 1 saturated carbocycles. The number of hydrogen-bond acceptors (Lipinski definition) is 4. The lowest BCUT2D eigenvalue weighted by Crippen LogP contribution is -2.51. The molecule has 0 spiro atoms. The molecule has 1 heterocycles. The van der Waals surface area contributed by atoms with Crippen LogP contribution in [-0.2, 0) is 14.9 Å². The maximum Gasteiger partial charge on any atom is 0.282 e. The highest BCUT2D eigenvalue weighted by Crippen LogP contribution is 2.36. The molecule has 0 aromatic rings. The highest BCUT2D eigenvalue weighted by Gasteiger charge is 2.40. The van der Waals surface area contributed by atoms with Crippen LogP contribution in [0.25, 0.3) is 0 Å². The summed E-state index contributed by atoms with van der Waals surface area (Å²) in [5.74, 6) is 0.733. The van der Waals surface area contributed by atoms with Crippen LogP contribution in [0.5, 0.6) is 0 Å². The normalized spacial score (nSPS) is 23.6. The Morgan fingerprint density at radius 1 is 1.29 bits per heavy atom. The second kappa shape index (κ2) is 7.37. The zero-order valence-electron chi connectivity index (χ0n) is 13.1. The standard InChI is InChI=1S/C14H28N2O4S/c1-12(14-3-4-14)16(9-10-20-2)21(18,19)15-7-5-13(11-17)6-8-15/h12-14,17H,3-11H2,1-2H3. The number of methoxy groups -OCH3 is 1. The predicted octanol–water partition coefficient (Wildman–Crippen LogP) is 0.682. The zero-order valence-corrected chi connectivity index (χ0v) is 13.9. The van der Waals surface area contributed by atoms with Crippen LogP contribution in [0.4, 0.5) is 0 Å². The smallest absolute Gasteiger partial charge is 0.282 e. The minimum Gasteiger partial charge on any atom is -0.396 e. The van der Waals surface area contributed by atoms with Crippen LogP contribution in [0, 0.1) is 11.8 Å². The topological polar surface area (TPSA) is 70.1 Å². The lowest BCUT2D eigenvalue weighted by molar-refractivity contribution is 0.147. The summed E-state index contributed by atoms with van der Waals surface area (Å²) >= 11 is 0. The number of aliphatic hydroxyl groups is 1. The van der Waals surface area contributed by atoms with E-state index in [0.29, 0.717) is 32.2 Å². The first-order valence-electron chi connectivity index (χ1n) is 7.87. The highest BCUT2D eigenvalue weighted by molar-refractivity contribution is 7.86. The molecule has 0 bridgehead atoms. The zero-order chi connectivity index (χ0) is 15.5. The van der Waals surface area contributed by atoms with Crippen LogP contribution in [0.15, 0.2) is 0 Å². The predicted molar refractivity (Wildman–Crippen MR) is 81.1 cm³/mol. The van der Waals surface area contributed by atoms with E-state index >= 15 is 0 Å². The Bertz CT molecular complexity index is 417. The molecule has 21 heavy (non-hydrogen) atoms. The molecule has 124 valence electrons. The maximum absolute atomic E-state index is 12.9. The lowest BCUT2D eigenvalue weighted by atomic mass is 10.00. The van der Waals surface area contributed by atoms with E-state index in [1.165, 1.54) is 0 Å². The number of aliphatic hydroxyl groups excluding tert-OH is 1. The van der Waals surface area contributed by atoms with Gasteiger partial charge < -0.3 is 9.84 Å². The second-order valence-corrected chi connectivity index (χ2v) is 8.10. The molecule has 1 saturated heterocycles. The van der Waals surface area contributed by atoms with Gasteiger partial charge in [-0.1, -0.05) is 0 Å². The molecule has 0 radical (unpaired) electrons. The van der Waals surface area contributed by atoms with Crippen molar-refractivity contribution >= 4 is 10.2 Å². The summed E-state index contributed by atoms with van der Waals surface area (Å²) < 4.78 is 34.1. The van der Waals surface area contributed by atoms with Crippen molar-refractivity contribution in [1.29, 1.82) is 0 Å². The Hall–Kier alpha value is -0.210. The molecular formula is C14H28N2O4S. The third-order valence-corrected chi connectivity index (χ3v) is 6.85. The van der Waals surface area contributed by atoms with Crippen molar-refractivity contribution in [2.45, 2.75) is 38.6 Å². The average molecular weight is 320 g/mol. The molecule has 0 aromatic carbocycles. The van der Waals surface area contributed by atoms with Crippen molar-refractivity contribution in [2.75, 3.05) is 40.0 Å². The fourth-order valence-corrected chi connectivity index (χ4v) is 4.86. The van der Waals surface area contributed by atoms with E-state index in [1.807, 2.05) is 6.92 Å². The van der Waals surface area contributed by atoms with E-state index in [-0.39, 0.29) is 18.6 Å². The van der Waals surface area contributed by atoms with Gasteiger partial charge in [0, 0.05) is 39.4 Å². The van der Waals surface area contributed by atoms with E-state index in [0.717, 1.165) is 25.7 Å². The molecule has 1 atom stereocenters. The molecule has 1 N–H and O–H groups in total. The largest absolute Gasteiger partial charge is 0.396 e. The van der Waals surface area contributed by atoms with Crippen LogP contribution in [0.2, 0.25) is 0 Å². The molecule has 6 nitrogen and oxygen atoms in total. The molecule has 0 aromatic heterocycles. The summed E-state index contributed by atoms with van der Waals surface area (Å²) in [6.07, 6.45) is 3.72. The van der Waals surface area contributed by atoms with E-state index in [1.54, 1.807) is 15.7 Å². The summed E-state index contributed by atoms with van der Waals surface area (Å²) in [4.78, 5) is 0. The number of rotatable bonds is 8. The average Bonchev–Trinajstić information content (AvgIpc) is 3.32. The summed E-state index contributed by atoms with van der Waals surface area (Å²) in [5, 5.41) is 9.18. The van der Waals surface area contributed by atoms with Crippen LogP contribution < -0.4 is 0 Å². The molecule has 0 amide bonds. The molecule has 7 heteroatoms. The highest BCUT2D eigenvalue weighted by atomic mass is 32.2. The van der Waals surface area contributed by atoms with Gasteiger partial charge in [0.15, 0.2) is 0 Å². The minimum atomic E-state index is -3.43. The third-order valence-electron chi connectivity index (χ3n) is 4.73. The third kappa shape index (κ3) is 4.16. The van der Waals surface area contributed by atoms with Gasteiger partial charge in [-0.2, -0.15) is 17.0 Å². The maximum atomic E-state index is 12.9. The van der Waals surface area contributed by atoms with Gasteiger partial charge >= 0.3 is 0 Å². The van der Waals surface area contributed by atoms with Crippen LogP contribution in [-0.4, -0.2) is 68.1 Å². The molecular weight excluding hydrogens is 292 g/mol. The number of nitrogens with zero attached hydrogens (tertiary/aromatic N) is 2. The molecule has 1 unspecified atom stereocenters. The fourth-order valence-electron chi connectivity index (χ4n) is 3.00. The number of piperidine rings is 1. The monoisotopic (exact) mass is 320 g/mol. The van der Waals surface area contributed by atoms with E-state index in [9.17, 15) is 13.5 Å². The van der Waals surface area contributed by atoms with Gasteiger partial charge in [-0.15, -0.1) is 0 Å². The van der Waals surface area contributed by atoms with Crippen LogP contribution in [0.1, 0.15) is 32.6 Å². The molecule has 1 aliphatic carbocycles. The lowest BCUT2D eigenvalue weighted by Gasteiger charge is -2.37. The van der Waals surface area contributed by atoms with Crippen molar-refractivity contribution in [3.63, 3.8) is 0 Å². The first-order chi connectivity index (χ1) is 10.0. The molecule has 2 rings (SSSR count). The Morgan fingerprint density at radius 2 is 1.90 bits per heavy atom. The van der Waals surface area contributed by atoms with Gasteiger partial charge in [0.25, 0.3) is 10.2 Å². The summed E-state index contributed by atoms with van der Waals surface area (Å²) in [7, 11) is -1.83. The molecule has 1 aliphatic heterocycles. The second-order valence-electron chi connectivity index (χ2n) is 6.21. The van der Waals surface area contributed by atoms with Gasteiger partial charge in [-0.25, -0.2) is 0 Å². The van der Waals surface area contributed by atoms with E-state index < -0.39 is 10.2 Å². The fraction of sp³-hybridized carbons (Fsp3) is 1.00. The Balaban J connectivity index is 2.05. The van der Waals surface area contributed by atoms with Gasteiger partial charge in [0.05, 0.1) is 6.61 Å². The van der Waals surface area contributed by atoms with Crippen LogP contribution >= 0.6 is 0 Å². The van der Waals surface area contributed by atoms with Gasteiger partial charge in [-0.05, 0) is 44.4 Å². The first kappa shape index (κ1) is 17.1. The van der Waals surface area contributed by atoms with E-state index in [2.05, 4.69) is 0 Å². The number of hydrogen-bond donors (Lipinski definition) is 1. The van der Waals surface area contributed by atoms with Crippen molar-refractivity contribution in [3.8, 4) is 0 Å². The van der Waals surface area contributed by atoms with Crippen molar-refractivity contribution in [3.05, 3.63) is 0 Å². The van der Waals surface area contributed by atoms with Gasteiger partial charge in [0.2, 0.25) is 0 Å². The van der Waals surface area contributed by atoms with Gasteiger partial charge in [0.1, 0.15) is 0 Å². The van der Waals surface area contributed by atoms with Crippen molar-refractivity contribution in [1.82, 2.24) is 8.61 Å². The van der Waals surface area contributed by atoms with Crippen molar-refractivity contribution < 1.29 is 18.3 Å². The quantitative estimate of drug-likeness (QED) is 0.714. The number of ether oxygens (including phenoxy) is 1. The Morgan fingerprint density at radius 3 is 2.38 bits per heavy atom. The Kier molecular flexibility index (Phi) is 6.02. The minimum absolute atomic E-state index is 0.0423. The first-order valence-corrected chi connectivity index (χ1v) is 9.27. The Labute approximate surface area is 128 Å². The molecule has 2 fully saturated rings.